The highest BCUT2D eigenvalue weighted by atomic mass is 31.2. The summed E-state index contributed by atoms with van der Waals surface area (Å²) in [4.78, 5) is 35.1. The van der Waals surface area contributed by atoms with Crippen molar-refractivity contribution >= 4 is 19.8 Å². The second kappa shape index (κ2) is 50.1. The van der Waals surface area contributed by atoms with Gasteiger partial charge in [-0.2, -0.15) is 0 Å². The molecular formula is C54H98NO8P. The van der Waals surface area contributed by atoms with Gasteiger partial charge in [0.25, 0.3) is 0 Å². The number of hydrogen-bond donors (Lipinski definition) is 2. The first-order valence-electron chi connectivity index (χ1n) is 26.3. The molecule has 0 heterocycles. The molecule has 0 aromatic heterocycles. The van der Waals surface area contributed by atoms with Crippen molar-refractivity contribution in [1.82, 2.24) is 0 Å². The third-order valence-corrected chi connectivity index (χ3v) is 12.2. The Balaban J connectivity index is 4.06. The van der Waals surface area contributed by atoms with E-state index in [-0.39, 0.29) is 38.6 Å². The van der Waals surface area contributed by atoms with Crippen molar-refractivity contribution < 1.29 is 37.6 Å². The summed E-state index contributed by atoms with van der Waals surface area (Å²) in [6.45, 7) is 3.64. The molecule has 0 amide bonds. The van der Waals surface area contributed by atoms with Crippen LogP contribution in [0, 0.1) is 0 Å². The molecule has 3 N–H and O–H groups in total. The van der Waals surface area contributed by atoms with Gasteiger partial charge < -0.3 is 20.1 Å². The average Bonchev–Trinajstić information content (AvgIpc) is 3.28. The Morgan fingerprint density at radius 3 is 1.28 bits per heavy atom. The minimum absolute atomic E-state index is 0.0501. The third-order valence-electron chi connectivity index (χ3n) is 11.2. The van der Waals surface area contributed by atoms with Gasteiger partial charge in [0.05, 0.1) is 13.2 Å². The lowest BCUT2D eigenvalue weighted by Gasteiger charge is -2.19. The van der Waals surface area contributed by atoms with Crippen LogP contribution in [0.3, 0.4) is 0 Å². The zero-order valence-electron chi connectivity index (χ0n) is 41.3. The van der Waals surface area contributed by atoms with E-state index in [4.69, 9.17) is 24.3 Å². The topological polar surface area (TPSA) is 134 Å². The molecule has 0 aromatic carbocycles. The van der Waals surface area contributed by atoms with Crippen LogP contribution in [0.15, 0.2) is 60.8 Å². The first-order chi connectivity index (χ1) is 31.3. The first kappa shape index (κ1) is 61.7. The van der Waals surface area contributed by atoms with Gasteiger partial charge in [-0.15, -0.1) is 0 Å². The zero-order valence-corrected chi connectivity index (χ0v) is 42.2. The van der Waals surface area contributed by atoms with Gasteiger partial charge in [0.1, 0.15) is 6.61 Å². The molecule has 9 nitrogen and oxygen atoms in total. The van der Waals surface area contributed by atoms with Gasteiger partial charge in [0, 0.05) is 19.4 Å². The van der Waals surface area contributed by atoms with Crippen LogP contribution in [0.4, 0.5) is 0 Å². The van der Waals surface area contributed by atoms with Crippen molar-refractivity contribution in [2.24, 2.45) is 5.73 Å². The molecule has 0 fully saturated rings. The third kappa shape index (κ3) is 49.2. The molecule has 0 aliphatic carbocycles. The highest BCUT2D eigenvalue weighted by molar-refractivity contribution is 7.47. The van der Waals surface area contributed by atoms with Crippen LogP contribution in [-0.4, -0.2) is 49.3 Å². The van der Waals surface area contributed by atoms with Gasteiger partial charge in [0.2, 0.25) is 0 Å². The van der Waals surface area contributed by atoms with E-state index in [1.165, 1.54) is 128 Å². The van der Waals surface area contributed by atoms with Crippen molar-refractivity contribution in [2.45, 2.75) is 245 Å². The summed E-state index contributed by atoms with van der Waals surface area (Å²) >= 11 is 0. The van der Waals surface area contributed by atoms with Gasteiger partial charge in [-0.1, -0.05) is 229 Å². The molecule has 0 spiro atoms. The number of rotatable bonds is 49. The molecule has 0 bridgehead atoms. The number of phosphoric acid groups is 1. The maximum Gasteiger partial charge on any atom is 0.472 e. The summed E-state index contributed by atoms with van der Waals surface area (Å²) in [5, 5.41) is 0. The first-order valence-corrected chi connectivity index (χ1v) is 27.8. The lowest BCUT2D eigenvalue weighted by Crippen LogP contribution is -2.29. The van der Waals surface area contributed by atoms with Crippen molar-refractivity contribution in [3.8, 4) is 0 Å². The molecule has 0 aliphatic heterocycles. The molecule has 0 saturated carbocycles. The van der Waals surface area contributed by atoms with Gasteiger partial charge in [-0.25, -0.2) is 4.57 Å². The molecule has 372 valence electrons. The van der Waals surface area contributed by atoms with Crippen LogP contribution < -0.4 is 5.73 Å². The summed E-state index contributed by atoms with van der Waals surface area (Å²) < 4.78 is 33.0. The van der Waals surface area contributed by atoms with Gasteiger partial charge in [-0.05, 0) is 57.8 Å². The van der Waals surface area contributed by atoms with Crippen LogP contribution in [0.5, 0.6) is 0 Å². The minimum Gasteiger partial charge on any atom is -0.462 e. The number of phosphoric ester groups is 1. The van der Waals surface area contributed by atoms with Crippen molar-refractivity contribution in [2.75, 3.05) is 26.4 Å². The quantitative estimate of drug-likeness (QED) is 0.0265. The highest BCUT2D eigenvalue weighted by Gasteiger charge is 2.26. The summed E-state index contributed by atoms with van der Waals surface area (Å²) in [5.41, 5.74) is 5.37. The second-order valence-corrected chi connectivity index (χ2v) is 18.8. The molecule has 0 saturated heterocycles. The Kier molecular flexibility index (Phi) is 48.3. The predicted molar refractivity (Wildman–Crippen MR) is 270 cm³/mol. The number of unbranched alkanes of at least 4 members (excludes halogenated alkanes) is 26. The lowest BCUT2D eigenvalue weighted by molar-refractivity contribution is -0.161. The van der Waals surface area contributed by atoms with E-state index in [1.807, 2.05) is 0 Å². The number of ether oxygens (including phenoxy) is 2. The van der Waals surface area contributed by atoms with Crippen LogP contribution in [-0.2, 0) is 32.7 Å². The molecule has 0 aromatic rings. The minimum atomic E-state index is -4.39. The van der Waals surface area contributed by atoms with E-state index in [1.54, 1.807) is 0 Å². The molecule has 10 heteroatoms. The predicted octanol–water partition coefficient (Wildman–Crippen LogP) is 16.0. The Bertz CT molecular complexity index is 1230. The Hall–Kier alpha value is -2.29. The van der Waals surface area contributed by atoms with Crippen LogP contribution >= 0.6 is 7.82 Å². The Labute approximate surface area is 393 Å². The van der Waals surface area contributed by atoms with Crippen LogP contribution in [0.1, 0.15) is 239 Å². The normalized spacial score (nSPS) is 13.6. The molecule has 0 aliphatic rings. The van der Waals surface area contributed by atoms with Crippen LogP contribution in [0.2, 0.25) is 0 Å². The number of allylic oxidation sites excluding steroid dienone is 10. The number of carbonyl (C=O) groups excluding carboxylic acids is 2. The van der Waals surface area contributed by atoms with E-state index in [0.717, 1.165) is 77.0 Å². The largest absolute Gasteiger partial charge is 0.472 e. The van der Waals surface area contributed by atoms with Gasteiger partial charge in [0.15, 0.2) is 6.10 Å². The standard InChI is InChI=1S/C54H98NO8P/c1-3-5-7-9-11-13-15-17-19-21-23-25-26-27-29-31-33-35-37-39-41-43-45-47-54(57)63-52(51-62-64(58,59)61-49-48-55)50-60-53(56)46-44-42-40-38-36-34-32-30-28-24-22-20-18-16-14-12-10-8-6-4-2/h5,7,11,13,17,19,23,25,27,29,52H,3-4,6,8-10,12,14-16,18,20-22,24,26,28,30-51,55H2,1-2H3,(H,58,59)/b7-5-,13-11-,19-17-,25-23-,29-27-. The van der Waals surface area contributed by atoms with E-state index in [2.05, 4.69) is 74.6 Å². The smallest absolute Gasteiger partial charge is 0.462 e. The van der Waals surface area contributed by atoms with Crippen LogP contribution in [0.25, 0.3) is 0 Å². The highest BCUT2D eigenvalue weighted by Crippen LogP contribution is 2.43. The molecular weight excluding hydrogens is 822 g/mol. The Morgan fingerprint density at radius 2 is 0.859 bits per heavy atom. The number of nitrogens with two attached hydrogens (primary N) is 1. The van der Waals surface area contributed by atoms with E-state index in [0.29, 0.717) is 6.42 Å². The summed E-state index contributed by atoms with van der Waals surface area (Å²) in [5.74, 6) is -0.834. The SMILES string of the molecule is CC/C=C\C/C=C\C/C=C\C/C=C\C/C=C\CCCCCCCCCC(=O)OC(COC(=O)CCCCCCCCCCCCCCCCCCCCCC)COP(=O)(O)OCCN. The van der Waals surface area contributed by atoms with Gasteiger partial charge >= 0.3 is 19.8 Å². The number of esters is 2. The summed E-state index contributed by atoms with van der Waals surface area (Å²) in [6.07, 6.45) is 61.1. The van der Waals surface area contributed by atoms with Crippen molar-refractivity contribution in [3.63, 3.8) is 0 Å². The fraction of sp³-hybridized carbons (Fsp3) is 0.778. The fourth-order valence-electron chi connectivity index (χ4n) is 7.31. The Morgan fingerprint density at radius 1 is 0.484 bits per heavy atom. The summed E-state index contributed by atoms with van der Waals surface area (Å²) in [6, 6.07) is 0. The maximum atomic E-state index is 12.7. The molecule has 2 unspecified atom stereocenters. The lowest BCUT2D eigenvalue weighted by atomic mass is 10.0. The molecule has 2 atom stereocenters. The average molecular weight is 920 g/mol. The molecule has 64 heavy (non-hydrogen) atoms. The van der Waals surface area contributed by atoms with Crippen molar-refractivity contribution in [1.29, 1.82) is 0 Å². The summed E-state index contributed by atoms with van der Waals surface area (Å²) in [7, 11) is -4.39. The molecule has 0 radical (unpaired) electrons. The van der Waals surface area contributed by atoms with Gasteiger partial charge in [-0.3, -0.25) is 18.6 Å². The monoisotopic (exact) mass is 920 g/mol. The van der Waals surface area contributed by atoms with E-state index in [9.17, 15) is 19.0 Å². The molecule has 0 rings (SSSR count). The van der Waals surface area contributed by atoms with E-state index >= 15 is 0 Å². The van der Waals surface area contributed by atoms with E-state index < -0.39 is 26.5 Å². The fourth-order valence-corrected chi connectivity index (χ4v) is 8.08. The zero-order chi connectivity index (χ0) is 46.7. The van der Waals surface area contributed by atoms with Crippen molar-refractivity contribution in [3.05, 3.63) is 60.8 Å². The number of carbonyl (C=O) groups is 2. The number of hydrogen-bond acceptors (Lipinski definition) is 8. The second-order valence-electron chi connectivity index (χ2n) is 17.4. The maximum absolute atomic E-state index is 12.7.